The number of hydrogen-bond donors (Lipinski definition) is 2. The van der Waals surface area contributed by atoms with Gasteiger partial charge in [0.05, 0.1) is 0 Å². The van der Waals surface area contributed by atoms with Crippen molar-refractivity contribution >= 4 is 17.4 Å². The van der Waals surface area contributed by atoms with Crippen molar-refractivity contribution in [2.24, 2.45) is 0 Å². The lowest BCUT2D eigenvalue weighted by atomic mass is 10.2. The number of carbonyl (C=O) groups is 1. The standard InChI is InChI=1S/C17H13F2N5O/c18-12-4-1-5-13(19)16(12)22-15-7-6-14(23-24-15)17(25)21-10-11-3-2-8-20-9-11/h1-9H,10H2,(H,21,25)(H,22,24). The maximum absolute atomic E-state index is 13.6. The molecule has 0 aliphatic heterocycles. The Bertz CT molecular complexity index is 852. The lowest BCUT2D eigenvalue weighted by Crippen LogP contribution is -2.24. The van der Waals surface area contributed by atoms with Gasteiger partial charge in [-0.25, -0.2) is 8.78 Å². The van der Waals surface area contributed by atoms with E-state index in [0.717, 1.165) is 17.7 Å². The quantitative estimate of drug-likeness (QED) is 0.746. The van der Waals surface area contributed by atoms with E-state index in [4.69, 9.17) is 0 Å². The molecule has 8 heteroatoms. The zero-order chi connectivity index (χ0) is 17.6. The van der Waals surface area contributed by atoms with Crippen LogP contribution in [0, 0.1) is 11.6 Å². The van der Waals surface area contributed by atoms with Crippen LogP contribution in [0.1, 0.15) is 16.1 Å². The number of halogens is 2. The first-order valence-corrected chi connectivity index (χ1v) is 7.35. The highest BCUT2D eigenvalue weighted by Gasteiger charge is 2.11. The molecule has 3 rings (SSSR count). The van der Waals surface area contributed by atoms with Crippen LogP contribution in [-0.4, -0.2) is 21.1 Å². The average Bonchev–Trinajstić information content (AvgIpc) is 2.64. The van der Waals surface area contributed by atoms with Gasteiger partial charge in [0.25, 0.3) is 5.91 Å². The first-order chi connectivity index (χ1) is 12.1. The number of nitrogens with zero attached hydrogens (tertiary/aromatic N) is 3. The first kappa shape index (κ1) is 16.4. The fourth-order valence-electron chi connectivity index (χ4n) is 2.04. The van der Waals surface area contributed by atoms with E-state index in [1.165, 1.54) is 18.2 Å². The second-order valence-electron chi connectivity index (χ2n) is 5.07. The zero-order valence-corrected chi connectivity index (χ0v) is 12.9. The smallest absolute Gasteiger partial charge is 0.272 e. The van der Waals surface area contributed by atoms with Gasteiger partial charge in [-0.15, -0.1) is 10.2 Å². The average molecular weight is 341 g/mol. The molecular weight excluding hydrogens is 328 g/mol. The number of amides is 1. The maximum Gasteiger partial charge on any atom is 0.272 e. The van der Waals surface area contributed by atoms with Crippen molar-refractivity contribution in [3.8, 4) is 0 Å². The van der Waals surface area contributed by atoms with Crippen molar-refractivity contribution in [3.05, 3.63) is 77.8 Å². The lowest BCUT2D eigenvalue weighted by molar-refractivity contribution is 0.0945. The van der Waals surface area contributed by atoms with Gasteiger partial charge in [-0.1, -0.05) is 12.1 Å². The second-order valence-corrected chi connectivity index (χ2v) is 5.07. The Morgan fingerprint density at radius 1 is 1.00 bits per heavy atom. The van der Waals surface area contributed by atoms with Gasteiger partial charge >= 0.3 is 0 Å². The summed E-state index contributed by atoms with van der Waals surface area (Å²) in [5.41, 5.74) is 0.603. The van der Waals surface area contributed by atoms with Crippen molar-refractivity contribution in [2.75, 3.05) is 5.32 Å². The van der Waals surface area contributed by atoms with Crippen LogP contribution < -0.4 is 10.6 Å². The Morgan fingerprint density at radius 2 is 1.80 bits per heavy atom. The van der Waals surface area contributed by atoms with E-state index in [9.17, 15) is 13.6 Å². The molecule has 2 aromatic heterocycles. The van der Waals surface area contributed by atoms with E-state index in [1.54, 1.807) is 18.5 Å². The molecule has 3 aromatic rings. The predicted molar refractivity (Wildman–Crippen MR) is 87.1 cm³/mol. The minimum absolute atomic E-state index is 0.0865. The SMILES string of the molecule is O=C(NCc1cccnc1)c1ccc(Nc2c(F)cccc2F)nn1. The second kappa shape index (κ2) is 7.43. The molecule has 0 atom stereocenters. The molecule has 25 heavy (non-hydrogen) atoms. The maximum atomic E-state index is 13.6. The third kappa shape index (κ3) is 4.11. The number of hydrogen-bond acceptors (Lipinski definition) is 5. The molecular formula is C17H13F2N5O. The van der Waals surface area contributed by atoms with Crippen LogP contribution in [0.4, 0.5) is 20.3 Å². The van der Waals surface area contributed by atoms with Crippen LogP contribution >= 0.6 is 0 Å². The number of rotatable bonds is 5. The third-order valence-corrected chi connectivity index (χ3v) is 3.29. The summed E-state index contributed by atoms with van der Waals surface area (Å²) in [5.74, 6) is -1.80. The van der Waals surface area contributed by atoms with Crippen molar-refractivity contribution in [1.82, 2.24) is 20.5 Å². The van der Waals surface area contributed by atoms with Gasteiger partial charge in [0.2, 0.25) is 0 Å². The molecule has 0 fully saturated rings. The van der Waals surface area contributed by atoms with E-state index >= 15 is 0 Å². The molecule has 2 heterocycles. The summed E-state index contributed by atoms with van der Waals surface area (Å²) in [6, 6.07) is 9.93. The van der Waals surface area contributed by atoms with Gasteiger partial charge in [0.15, 0.2) is 11.5 Å². The van der Waals surface area contributed by atoms with Crippen LogP contribution in [-0.2, 0) is 6.54 Å². The number of benzene rings is 1. The minimum Gasteiger partial charge on any atom is -0.347 e. The summed E-state index contributed by atoms with van der Waals surface area (Å²) >= 11 is 0. The van der Waals surface area contributed by atoms with E-state index < -0.39 is 17.5 Å². The van der Waals surface area contributed by atoms with E-state index in [-0.39, 0.29) is 17.2 Å². The van der Waals surface area contributed by atoms with Crippen LogP contribution in [0.3, 0.4) is 0 Å². The molecule has 0 bridgehead atoms. The predicted octanol–water partition coefficient (Wildman–Crippen LogP) is 2.82. The molecule has 1 amide bonds. The summed E-state index contributed by atoms with van der Waals surface area (Å²) in [4.78, 5) is 16.0. The van der Waals surface area contributed by atoms with E-state index in [1.807, 2.05) is 6.07 Å². The fourth-order valence-corrected chi connectivity index (χ4v) is 2.04. The molecule has 0 aliphatic rings. The molecule has 1 aromatic carbocycles. The summed E-state index contributed by atoms with van der Waals surface area (Å²) < 4.78 is 27.2. The molecule has 0 unspecified atom stereocenters. The van der Waals surface area contributed by atoms with Crippen molar-refractivity contribution in [3.63, 3.8) is 0 Å². The molecule has 0 aliphatic carbocycles. The monoisotopic (exact) mass is 341 g/mol. The van der Waals surface area contributed by atoms with E-state index in [2.05, 4.69) is 25.8 Å². The van der Waals surface area contributed by atoms with Crippen LogP contribution in [0.5, 0.6) is 0 Å². The molecule has 126 valence electrons. The van der Waals surface area contributed by atoms with Gasteiger partial charge in [0.1, 0.15) is 17.3 Å². The van der Waals surface area contributed by atoms with Gasteiger partial charge in [-0.3, -0.25) is 9.78 Å². The summed E-state index contributed by atoms with van der Waals surface area (Å²) in [6.45, 7) is 0.300. The Balaban J connectivity index is 1.64. The molecule has 2 N–H and O–H groups in total. The highest BCUT2D eigenvalue weighted by molar-refractivity contribution is 5.92. The Morgan fingerprint density at radius 3 is 2.44 bits per heavy atom. The number of para-hydroxylation sites is 1. The van der Waals surface area contributed by atoms with Crippen molar-refractivity contribution in [1.29, 1.82) is 0 Å². The summed E-state index contributed by atoms with van der Waals surface area (Å²) in [6.07, 6.45) is 3.28. The number of anilines is 2. The first-order valence-electron chi connectivity index (χ1n) is 7.35. The van der Waals surface area contributed by atoms with Gasteiger partial charge in [0, 0.05) is 18.9 Å². The Hall–Kier alpha value is -3.42. The minimum atomic E-state index is -0.750. The highest BCUT2D eigenvalue weighted by atomic mass is 19.1. The van der Waals surface area contributed by atoms with Crippen LogP contribution in [0.2, 0.25) is 0 Å². The van der Waals surface area contributed by atoms with Gasteiger partial charge in [-0.2, -0.15) is 0 Å². The largest absolute Gasteiger partial charge is 0.347 e. The zero-order valence-electron chi connectivity index (χ0n) is 12.9. The summed E-state index contributed by atoms with van der Waals surface area (Å²) in [5, 5.41) is 12.7. The number of carbonyl (C=O) groups excluding carboxylic acids is 1. The number of pyridine rings is 1. The van der Waals surface area contributed by atoms with E-state index in [0.29, 0.717) is 6.54 Å². The normalized spacial score (nSPS) is 10.3. The van der Waals surface area contributed by atoms with Crippen LogP contribution in [0.15, 0.2) is 54.9 Å². The third-order valence-electron chi connectivity index (χ3n) is 3.29. The lowest BCUT2D eigenvalue weighted by Gasteiger charge is -2.08. The van der Waals surface area contributed by atoms with Crippen molar-refractivity contribution in [2.45, 2.75) is 6.54 Å². The molecule has 0 spiro atoms. The van der Waals surface area contributed by atoms with Crippen molar-refractivity contribution < 1.29 is 13.6 Å². The van der Waals surface area contributed by atoms with Gasteiger partial charge < -0.3 is 10.6 Å². The Kier molecular flexibility index (Phi) is 4.89. The van der Waals surface area contributed by atoms with Gasteiger partial charge in [-0.05, 0) is 35.9 Å². The fraction of sp³-hybridized carbons (Fsp3) is 0.0588. The number of nitrogens with one attached hydrogen (secondary N) is 2. The summed E-state index contributed by atoms with van der Waals surface area (Å²) in [7, 11) is 0. The molecule has 0 saturated heterocycles. The molecule has 0 radical (unpaired) electrons. The molecule has 6 nitrogen and oxygen atoms in total. The highest BCUT2D eigenvalue weighted by Crippen LogP contribution is 2.21. The number of aromatic nitrogens is 3. The van der Waals surface area contributed by atoms with Crippen LogP contribution in [0.25, 0.3) is 0 Å². The Labute approximate surface area is 141 Å². The molecule has 0 saturated carbocycles. The topological polar surface area (TPSA) is 79.8 Å².